The molecule has 0 aliphatic heterocycles. The van der Waals surface area contributed by atoms with E-state index in [0.29, 0.717) is 23.2 Å². The fraction of sp³-hybridized carbons (Fsp3) is 0.526. The summed E-state index contributed by atoms with van der Waals surface area (Å²) in [6.07, 6.45) is 6.30. The average molecular weight is 339 g/mol. The van der Waals surface area contributed by atoms with Gasteiger partial charge in [0.05, 0.1) is 0 Å². The van der Waals surface area contributed by atoms with Gasteiger partial charge in [0.2, 0.25) is 5.91 Å². The summed E-state index contributed by atoms with van der Waals surface area (Å²) in [6, 6.07) is 7.36. The molecule has 2 aromatic rings. The smallest absolute Gasteiger partial charge is 0.326 e. The first kappa shape index (κ1) is 14.9. The van der Waals surface area contributed by atoms with Crippen LogP contribution in [0.4, 0.5) is 5.69 Å². The Hall–Kier alpha value is -2.37. The van der Waals surface area contributed by atoms with E-state index in [1.54, 1.807) is 0 Å². The monoisotopic (exact) mass is 339 g/mol. The number of hydrogen-bond acceptors (Lipinski definition) is 4. The van der Waals surface area contributed by atoms with Gasteiger partial charge in [0.15, 0.2) is 5.82 Å². The van der Waals surface area contributed by atoms with Crippen LogP contribution in [-0.4, -0.2) is 16.0 Å². The number of H-pyrrole nitrogens is 1. The van der Waals surface area contributed by atoms with Crippen molar-refractivity contribution in [3.05, 3.63) is 34.8 Å². The Morgan fingerprint density at radius 3 is 2.48 bits per heavy atom. The number of aromatic amines is 1. The van der Waals surface area contributed by atoms with Gasteiger partial charge in [-0.3, -0.25) is 14.3 Å². The van der Waals surface area contributed by atoms with E-state index in [4.69, 9.17) is 0 Å². The highest BCUT2D eigenvalue weighted by atomic mass is 16.5. The predicted octanol–water partition coefficient (Wildman–Crippen LogP) is 3.04. The zero-order valence-electron chi connectivity index (χ0n) is 13.9. The van der Waals surface area contributed by atoms with Gasteiger partial charge < -0.3 is 5.32 Å². The minimum Gasteiger partial charge on any atom is -0.326 e. The second-order valence-electron chi connectivity index (χ2n) is 7.97. The minimum absolute atomic E-state index is 0.152. The second kappa shape index (κ2) is 5.58. The Bertz CT molecular complexity index is 841. The summed E-state index contributed by atoms with van der Waals surface area (Å²) in [5.41, 5.74) is 1.45. The summed E-state index contributed by atoms with van der Waals surface area (Å²) in [7, 11) is 0. The molecule has 4 saturated carbocycles. The van der Waals surface area contributed by atoms with Crippen LogP contribution in [0.3, 0.4) is 0 Å². The number of hydrogen-bond donors (Lipinski definition) is 2. The molecule has 0 spiro atoms. The molecule has 6 heteroatoms. The highest BCUT2D eigenvalue weighted by Gasteiger charge is 2.50. The maximum absolute atomic E-state index is 13.0. The number of carbonyl (C=O) groups is 1. The Morgan fingerprint density at radius 2 is 1.84 bits per heavy atom. The number of nitrogens with zero attached hydrogens (tertiary/aromatic N) is 1. The lowest BCUT2D eigenvalue weighted by molar-refractivity contribution is -0.132. The third-order valence-corrected chi connectivity index (χ3v) is 6.37. The minimum atomic E-state index is -0.585. The van der Waals surface area contributed by atoms with Crippen LogP contribution in [0.2, 0.25) is 0 Å². The van der Waals surface area contributed by atoms with E-state index in [-0.39, 0.29) is 11.8 Å². The highest BCUT2D eigenvalue weighted by Crippen LogP contribution is 2.56. The number of amides is 1. The van der Waals surface area contributed by atoms with Crippen molar-refractivity contribution in [2.45, 2.75) is 32.1 Å². The molecule has 130 valence electrons. The first-order chi connectivity index (χ1) is 12.2. The van der Waals surface area contributed by atoms with E-state index in [1.165, 1.54) is 32.1 Å². The van der Waals surface area contributed by atoms with Crippen molar-refractivity contribution in [2.24, 2.45) is 29.6 Å². The first-order valence-electron chi connectivity index (χ1n) is 9.13. The molecule has 0 radical (unpaired) electrons. The zero-order valence-corrected chi connectivity index (χ0v) is 13.9. The Labute approximate surface area is 145 Å². The molecule has 4 bridgehead atoms. The molecule has 6 rings (SSSR count). The largest absolute Gasteiger partial charge is 0.439 e. The molecule has 1 aromatic heterocycles. The number of benzene rings is 1. The summed E-state index contributed by atoms with van der Waals surface area (Å²) in [5.74, 6) is 2.94. The highest BCUT2D eigenvalue weighted by molar-refractivity contribution is 5.93. The van der Waals surface area contributed by atoms with Crippen LogP contribution in [0.25, 0.3) is 11.4 Å². The van der Waals surface area contributed by atoms with Crippen molar-refractivity contribution in [1.29, 1.82) is 0 Å². The van der Waals surface area contributed by atoms with Gasteiger partial charge >= 0.3 is 5.76 Å². The van der Waals surface area contributed by atoms with E-state index >= 15 is 0 Å². The Kier molecular flexibility index (Phi) is 3.33. The summed E-state index contributed by atoms with van der Waals surface area (Å²) >= 11 is 0. The molecule has 1 aromatic carbocycles. The molecule has 2 N–H and O–H groups in total. The molecule has 4 fully saturated rings. The molecule has 1 amide bonds. The average Bonchev–Trinajstić information content (AvgIpc) is 3.00. The predicted molar refractivity (Wildman–Crippen MR) is 91.7 cm³/mol. The van der Waals surface area contributed by atoms with Crippen molar-refractivity contribution in [3.8, 4) is 11.4 Å². The topological polar surface area (TPSA) is 88.0 Å². The van der Waals surface area contributed by atoms with E-state index in [1.807, 2.05) is 24.3 Å². The number of carbonyl (C=O) groups excluding carboxylic acids is 1. The van der Waals surface area contributed by atoms with Gasteiger partial charge in [-0.1, -0.05) is 17.3 Å². The van der Waals surface area contributed by atoms with Gasteiger partial charge in [-0.05, 0) is 67.9 Å². The third-order valence-electron chi connectivity index (χ3n) is 6.37. The first-order valence-corrected chi connectivity index (χ1v) is 9.13. The van der Waals surface area contributed by atoms with Crippen molar-refractivity contribution in [2.75, 3.05) is 5.32 Å². The molecule has 25 heavy (non-hydrogen) atoms. The van der Waals surface area contributed by atoms with Gasteiger partial charge in [-0.15, -0.1) is 0 Å². The van der Waals surface area contributed by atoms with E-state index < -0.39 is 5.76 Å². The van der Waals surface area contributed by atoms with E-state index in [0.717, 1.165) is 17.5 Å². The van der Waals surface area contributed by atoms with Crippen LogP contribution in [0.5, 0.6) is 0 Å². The third kappa shape index (κ3) is 2.60. The summed E-state index contributed by atoms with van der Waals surface area (Å²) < 4.78 is 4.55. The molecule has 0 saturated heterocycles. The lowest BCUT2D eigenvalue weighted by atomic mass is 9.51. The Morgan fingerprint density at radius 1 is 1.12 bits per heavy atom. The van der Waals surface area contributed by atoms with Crippen molar-refractivity contribution >= 4 is 11.6 Å². The van der Waals surface area contributed by atoms with Crippen molar-refractivity contribution in [3.63, 3.8) is 0 Å². The van der Waals surface area contributed by atoms with Crippen molar-refractivity contribution < 1.29 is 9.32 Å². The van der Waals surface area contributed by atoms with Gasteiger partial charge in [0.1, 0.15) is 0 Å². The molecule has 0 unspecified atom stereocenters. The maximum Gasteiger partial charge on any atom is 0.439 e. The summed E-state index contributed by atoms with van der Waals surface area (Å²) in [6.45, 7) is 0. The lowest BCUT2D eigenvalue weighted by Gasteiger charge is -2.53. The van der Waals surface area contributed by atoms with E-state index in [2.05, 4.69) is 20.0 Å². The van der Waals surface area contributed by atoms with Crippen LogP contribution >= 0.6 is 0 Å². The normalized spacial score (nSPS) is 32.7. The van der Waals surface area contributed by atoms with Crippen LogP contribution < -0.4 is 11.1 Å². The SMILES string of the molecule is O=C(Nc1cccc(-c2noc(=O)[nH]2)c1)C1C2CC3CC(C2)CC1C3. The fourth-order valence-corrected chi connectivity index (χ4v) is 5.68. The van der Waals surface area contributed by atoms with Gasteiger partial charge in [0, 0.05) is 17.2 Å². The molecular weight excluding hydrogens is 318 g/mol. The molecule has 4 aliphatic rings. The maximum atomic E-state index is 13.0. The van der Waals surface area contributed by atoms with Gasteiger partial charge in [0.25, 0.3) is 0 Å². The second-order valence-corrected chi connectivity index (χ2v) is 7.97. The van der Waals surface area contributed by atoms with Crippen LogP contribution in [0.1, 0.15) is 32.1 Å². The number of rotatable bonds is 3. The molecule has 0 atom stereocenters. The standard InChI is InChI=1S/C19H21N3O3/c23-18(16-13-5-10-4-11(7-13)8-14(16)6-10)20-15-3-1-2-12(9-15)17-21-19(24)25-22-17/h1-3,9-11,13-14,16H,4-8H2,(H,20,23)(H,21,22,24). The van der Waals surface area contributed by atoms with Gasteiger partial charge in [-0.25, -0.2) is 4.79 Å². The van der Waals surface area contributed by atoms with E-state index in [9.17, 15) is 9.59 Å². The molecule has 1 heterocycles. The Balaban J connectivity index is 1.35. The number of anilines is 1. The number of nitrogens with one attached hydrogen (secondary N) is 2. The van der Waals surface area contributed by atoms with Crippen LogP contribution in [0.15, 0.2) is 33.6 Å². The summed E-state index contributed by atoms with van der Waals surface area (Å²) in [5, 5.41) is 6.80. The summed E-state index contributed by atoms with van der Waals surface area (Å²) in [4.78, 5) is 26.6. The quantitative estimate of drug-likeness (QED) is 0.899. The number of aromatic nitrogens is 2. The van der Waals surface area contributed by atoms with Crippen LogP contribution in [-0.2, 0) is 4.79 Å². The lowest BCUT2D eigenvalue weighted by Crippen LogP contribution is -2.49. The van der Waals surface area contributed by atoms with Gasteiger partial charge in [-0.2, -0.15) is 0 Å². The van der Waals surface area contributed by atoms with Crippen molar-refractivity contribution in [1.82, 2.24) is 10.1 Å². The van der Waals surface area contributed by atoms with Crippen LogP contribution in [0, 0.1) is 29.6 Å². The zero-order chi connectivity index (χ0) is 17.0. The molecular formula is C19H21N3O3. The molecule has 4 aliphatic carbocycles. The fourth-order valence-electron chi connectivity index (χ4n) is 5.68. The molecule has 6 nitrogen and oxygen atoms in total.